The van der Waals surface area contributed by atoms with E-state index in [1.807, 2.05) is 0 Å². The summed E-state index contributed by atoms with van der Waals surface area (Å²) in [6.45, 7) is 0.104. The van der Waals surface area contributed by atoms with E-state index in [0.717, 1.165) is 4.57 Å². The first-order chi connectivity index (χ1) is 16.3. The molecular formula is C20H22FN5O7P+. The molecule has 0 fully saturated rings. The Morgan fingerprint density at radius 1 is 1.35 bits per heavy atom. The summed E-state index contributed by atoms with van der Waals surface area (Å²) >= 11 is 0. The Bertz CT molecular complexity index is 1180. The van der Waals surface area contributed by atoms with Crippen molar-refractivity contribution in [1.82, 2.24) is 19.5 Å². The maximum absolute atomic E-state index is 15.6. The number of hydrogen-bond donors (Lipinski definition) is 3. The average molecular weight is 494 g/mol. The van der Waals surface area contributed by atoms with Crippen molar-refractivity contribution in [3.8, 4) is 24.0 Å². The van der Waals surface area contributed by atoms with Crippen LogP contribution in [0.2, 0.25) is 0 Å². The van der Waals surface area contributed by atoms with E-state index in [9.17, 15) is 14.8 Å². The van der Waals surface area contributed by atoms with Crippen LogP contribution in [-0.4, -0.2) is 61.5 Å². The number of terminal acetylenes is 1. The molecule has 180 valence electrons. The fourth-order valence-electron chi connectivity index (χ4n) is 2.80. The van der Waals surface area contributed by atoms with Gasteiger partial charge in [0.05, 0.1) is 19.5 Å². The molecule has 0 bridgehead atoms. The number of ether oxygens (including phenoxy) is 2. The molecule has 12 nitrogen and oxygen atoms in total. The fraction of sp³-hybridized carbons (Fsp3) is 0.350. The average Bonchev–Trinajstić information content (AvgIpc) is 3.25. The zero-order valence-electron chi connectivity index (χ0n) is 17.9. The Morgan fingerprint density at radius 2 is 2.09 bits per heavy atom. The minimum atomic E-state index is -3.11. The maximum Gasteiger partial charge on any atom is 0.750 e. The molecule has 0 spiro atoms. The van der Waals surface area contributed by atoms with Crippen LogP contribution < -0.4 is 15.0 Å². The van der Waals surface area contributed by atoms with Crippen molar-refractivity contribution in [3.05, 3.63) is 36.7 Å². The smallest absolute Gasteiger partial charge is 0.476 e. The molecule has 14 heteroatoms. The van der Waals surface area contributed by atoms with Gasteiger partial charge in [0.15, 0.2) is 35.9 Å². The number of aromatic nitrogens is 4. The van der Waals surface area contributed by atoms with E-state index in [-0.39, 0.29) is 35.3 Å². The highest BCUT2D eigenvalue weighted by molar-refractivity contribution is 7.33. The van der Waals surface area contributed by atoms with E-state index in [4.69, 9.17) is 30.7 Å². The summed E-state index contributed by atoms with van der Waals surface area (Å²) in [7, 11) is -2.85. The van der Waals surface area contributed by atoms with Gasteiger partial charge in [-0.15, -0.1) is 10.9 Å². The van der Waals surface area contributed by atoms with Crippen molar-refractivity contribution >= 4 is 25.4 Å². The lowest BCUT2D eigenvalue weighted by molar-refractivity contribution is -0.254. The number of imidazole rings is 1. The zero-order valence-corrected chi connectivity index (χ0v) is 18.8. The second kappa shape index (κ2) is 11.1. The summed E-state index contributed by atoms with van der Waals surface area (Å²) in [5.74, 6) is -1.18. The first-order valence-electron chi connectivity index (χ1n) is 9.89. The number of benzene rings is 1. The number of anilines is 1. The van der Waals surface area contributed by atoms with Gasteiger partial charge in [-0.2, -0.15) is 9.97 Å². The maximum atomic E-state index is 15.6. The lowest BCUT2D eigenvalue weighted by Crippen LogP contribution is -2.46. The molecule has 3 aromatic rings. The summed E-state index contributed by atoms with van der Waals surface area (Å²) in [4.78, 5) is 12.1. The molecule has 0 saturated heterocycles. The molecule has 2 heterocycles. The van der Waals surface area contributed by atoms with Crippen molar-refractivity contribution in [2.45, 2.75) is 25.1 Å². The third kappa shape index (κ3) is 5.74. The fourth-order valence-corrected chi connectivity index (χ4v) is 3.43. The van der Waals surface area contributed by atoms with Gasteiger partial charge in [0.2, 0.25) is 11.8 Å². The molecule has 4 atom stereocenters. The molecule has 1 aromatic carbocycles. The van der Waals surface area contributed by atoms with Gasteiger partial charge in [-0.25, -0.2) is 13.9 Å². The van der Waals surface area contributed by atoms with Gasteiger partial charge in [-0.05, 0) is 19.1 Å². The van der Waals surface area contributed by atoms with E-state index in [1.54, 1.807) is 31.0 Å². The highest BCUT2D eigenvalue weighted by Crippen LogP contribution is 2.34. The number of alkyl halides is 1. The lowest BCUT2D eigenvalue weighted by atomic mass is 10.2. The standard InChI is InChI=1S/C20H22FN5O7P/c1-3-14(28)20(21,11-31-34(29)33-13-8-6-5-7-9-13)32-15(10-27)26-12-23-16-17(26)24-19(22)25-18(16)30-4-2/h1,5-9,12,14-15,27-28H,4,10-11H2,2H3,(H2,22,24,25)/q+1/t14-,15+,20+/m0/s1. The lowest BCUT2D eigenvalue weighted by Gasteiger charge is -2.30. The minimum Gasteiger partial charge on any atom is -0.476 e. The number of nitrogen functional groups attached to an aromatic ring is 1. The van der Waals surface area contributed by atoms with Crippen molar-refractivity contribution < 1.29 is 37.7 Å². The summed E-state index contributed by atoms with van der Waals surface area (Å²) in [5, 5.41) is 20.0. The van der Waals surface area contributed by atoms with Gasteiger partial charge in [0.25, 0.3) is 5.85 Å². The van der Waals surface area contributed by atoms with E-state index in [0.29, 0.717) is 0 Å². The van der Waals surface area contributed by atoms with Gasteiger partial charge in [0, 0.05) is 4.57 Å². The number of nitrogens with two attached hydrogens (primary N) is 1. The van der Waals surface area contributed by atoms with Gasteiger partial charge in [-0.3, -0.25) is 4.57 Å². The summed E-state index contributed by atoms with van der Waals surface area (Å²) in [5.41, 5.74) is 5.95. The Labute approximate surface area is 194 Å². The predicted molar refractivity (Wildman–Crippen MR) is 117 cm³/mol. The van der Waals surface area contributed by atoms with Gasteiger partial charge in [-0.1, -0.05) is 24.1 Å². The Balaban J connectivity index is 1.83. The normalized spacial score (nSPS) is 15.2. The third-order valence-corrected chi connectivity index (χ3v) is 5.04. The summed E-state index contributed by atoms with van der Waals surface area (Å²) in [6.07, 6.45) is 2.70. The Kier molecular flexibility index (Phi) is 8.27. The Hall–Kier alpha value is -3.40. The molecule has 0 amide bonds. The van der Waals surface area contributed by atoms with Crippen molar-refractivity contribution in [2.24, 2.45) is 0 Å². The first-order valence-corrected chi connectivity index (χ1v) is 11.0. The number of fused-ring (bicyclic) bond motifs is 1. The number of rotatable bonds is 12. The second-order valence-electron chi connectivity index (χ2n) is 6.66. The van der Waals surface area contributed by atoms with Crippen LogP contribution in [0.3, 0.4) is 0 Å². The van der Waals surface area contributed by atoms with Crippen LogP contribution in [0.25, 0.3) is 11.2 Å². The number of aliphatic hydroxyl groups excluding tert-OH is 2. The largest absolute Gasteiger partial charge is 0.750 e. The van der Waals surface area contributed by atoms with Crippen LogP contribution >= 0.6 is 8.25 Å². The van der Waals surface area contributed by atoms with Gasteiger partial charge < -0.3 is 25.4 Å². The highest BCUT2D eigenvalue weighted by Gasteiger charge is 2.46. The van der Waals surface area contributed by atoms with E-state index in [2.05, 4.69) is 15.0 Å². The van der Waals surface area contributed by atoms with E-state index in [1.165, 1.54) is 18.5 Å². The van der Waals surface area contributed by atoms with Crippen molar-refractivity contribution in [3.63, 3.8) is 0 Å². The molecule has 4 N–H and O–H groups in total. The molecule has 0 aliphatic carbocycles. The van der Waals surface area contributed by atoms with Crippen LogP contribution in [0.15, 0.2) is 36.7 Å². The molecule has 34 heavy (non-hydrogen) atoms. The summed E-state index contributed by atoms with van der Waals surface area (Å²) in [6, 6.07) is 8.02. The zero-order chi connectivity index (χ0) is 24.7. The van der Waals surface area contributed by atoms with Crippen LogP contribution in [0.5, 0.6) is 11.6 Å². The first kappa shape index (κ1) is 25.2. The topological polar surface area (TPSA) is 164 Å². The second-order valence-corrected chi connectivity index (χ2v) is 7.54. The van der Waals surface area contributed by atoms with Crippen LogP contribution in [0, 0.1) is 12.3 Å². The predicted octanol–water partition coefficient (Wildman–Crippen LogP) is 1.73. The van der Waals surface area contributed by atoms with E-state index < -0.39 is 39.7 Å². The van der Waals surface area contributed by atoms with Crippen LogP contribution in [0.4, 0.5) is 10.3 Å². The molecule has 0 radical (unpaired) electrons. The van der Waals surface area contributed by atoms with Crippen LogP contribution in [-0.2, 0) is 13.8 Å². The Morgan fingerprint density at radius 3 is 2.74 bits per heavy atom. The molecular weight excluding hydrogens is 472 g/mol. The number of aliphatic hydroxyl groups is 2. The molecule has 3 rings (SSSR count). The number of hydrogen-bond acceptors (Lipinski definition) is 11. The monoisotopic (exact) mass is 494 g/mol. The summed E-state index contributed by atoms with van der Waals surface area (Å²) < 4.78 is 49.5. The molecule has 0 saturated carbocycles. The minimum absolute atomic E-state index is 0.0620. The quantitative estimate of drug-likeness (QED) is 0.248. The number of para-hydroxylation sites is 1. The highest BCUT2D eigenvalue weighted by atomic mass is 31.1. The van der Waals surface area contributed by atoms with Gasteiger partial charge >= 0.3 is 8.25 Å². The third-order valence-electron chi connectivity index (χ3n) is 4.34. The van der Waals surface area contributed by atoms with Crippen LogP contribution in [0.1, 0.15) is 13.2 Å². The molecule has 1 unspecified atom stereocenters. The number of nitrogens with zero attached hydrogens (tertiary/aromatic N) is 4. The van der Waals surface area contributed by atoms with Crippen molar-refractivity contribution in [2.75, 3.05) is 25.6 Å². The van der Waals surface area contributed by atoms with Gasteiger partial charge in [0.1, 0.15) is 0 Å². The van der Waals surface area contributed by atoms with Crippen molar-refractivity contribution in [1.29, 1.82) is 0 Å². The number of halogens is 1. The SMILES string of the molecule is C#C[C@H](O)[C@@](F)(CO[P+](=O)Oc1ccccc1)O[C@H](CO)n1cnc2c(OCC)nc(N)nc21. The molecule has 0 aliphatic rings. The molecule has 0 aliphatic heterocycles. The van der Waals surface area contributed by atoms with E-state index >= 15 is 4.39 Å². The molecule has 2 aromatic heterocycles.